The van der Waals surface area contributed by atoms with E-state index in [9.17, 15) is 0 Å². The molecule has 1 atom stereocenters. The van der Waals surface area contributed by atoms with E-state index in [1.165, 1.54) is 9.75 Å². The minimum atomic E-state index is 0.145. The lowest BCUT2D eigenvalue weighted by Crippen LogP contribution is -2.38. The van der Waals surface area contributed by atoms with Gasteiger partial charge in [-0.15, -0.1) is 11.3 Å². The van der Waals surface area contributed by atoms with Crippen LogP contribution in [0.1, 0.15) is 23.1 Å². The highest BCUT2D eigenvalue weighted by Gasteiger charge is 2.25. The number of thiophene rings is 1. The third kappa shape index (κ3) is 2.33. The van der Waals surface area contributed by atoms with Gasteiger partial charge in [0.15, 0.2) is 11.5 Å². The van der Waals surface area contributed by atoms with Crippen LogP contribution in [0.4, 0.5) is 0 Å². The van der Waals surface area contributed by atoms with Crippen molar-refractivity contribution in [3.8, 4) is 11.5 Å². The topological polar surface area (TPSA) is 30.5 Å². The van der Waals surface area contributed by atoms with Crippen molar-refractivity contribution < 1.29 is 9.47 Å². The van der Waals surface area contributed by atoms with Gasteiger partial charge in [-0.25, -0.2) is 0 Å². The molecular formula is C12H19NO2S. The predicted molar refractivity (Wildman–Crippen MR) is 66.9 cm³/mol. The van der Waals surface area contributed by atoms with Crippen LogP contribution >= 0.6 is 11.3 Å². The van der Waals surface area contributed by atoms with E-state index in [0.29, 0.717) is 6.61 Å². The Morgan fingerprint density at radius 1 is 1.31 bits per heavy atom. The van der Waals surface area contributed by atoms with Gasteiger partial charge >= 0.3 is 0 Å². The van der Waals surface area contributed by atoms with Crippen molar-refractivity contribution in [2.75, 3.05) is 19.7 Å². The Labute approximate surface area is 101 Å². The molecule has 2 heterocycles. The second kappa shape index (κ2) is 5.06. The Bertz CT molecular complexity index is 362. The molecule has 1 aliphatic rings. The smallest absolute Gasteiger partial charge is 0.175 e. The van der Waals surface area contributed by atoms with Gasteiger partial charge in [-0.1, -0.05) is 6.92 Å². The van der Waals surface area contributed by atoms with Crippen molar-refractivity contribution >= 4 is 11.3 Å². The van der Waals surface area contributed by atoms with Gasteiger partial charge in [0.05, 0.1) is 0 Å². The largest absolute Gasteiger partial charge is 0.485 e. The summed E-state index contributed by atoms with van der Waals surface area (Å²) >= 11 is 1.74. The molecule has 0 radical (unpaired) electrons. The first kappa shape index (κ1) is 11.7. The lowest BCUT2D eigenvalue weighted by molar-refractivity contribution is 0.0906. The summed E-state index contributed by atoms with van der Waals surface area (Å²) in [7, 11) is 0. The standard InChI is InChI=1S/C12H19NO2S/c1-4-5-13-6-10-7-14-11-8(2)16-9(3)12(11)15-10/h10,13H,4-7H2,1-3H3. The number of hydrogen-bond acceptors (Lipinski definition) is 4. The first-order valence-electron chi connectivity index (χ1n) is 5.82. The monoisotopic (exact) mass is 241 g/mol. The Hall–Kier alpha value is -0.740. The fourth-order valence-corrected chi connectivity index (χ4v) is 2.80. The molecule has 0 aromatic carbocycles. The van der Waals surface area contributed by atoms with E-state index >= 15 is 0 Å². The molecule has 1 N–H and O–H groups in total. The first-order chi connectivity index (χ1) is 7.72. The van der Waals surface area contributed by atoms with Gasteiger partial charge in [0.2, 0.25) is 0 Å². The normalized spacial score (nSPS) is 18.8. The third-order valence-electron chi connectivity index (χ3n) is 2.65. The lowest BCUT2D eigenvalue weighted by Gasteiger charge is -2.25. The molecule has 1 unspecified atom stereocenters. The second-order valence-electron chi connectivity index (χ2n) is 4.13. The van der Waals surface area contributed by atoms with E-state index in [4.69, 9.17) is 9.47 Å². The lowest BCUT2D eigenvalue weighted by atomic mass is 10.3. The molecule has 0 bridgehead atoms. The highest BCUT2D eigenvalue weighted by Crippen LogP contribution is 2.43. The number of ether oxygens (including phenoxy) is 2. The van der Waals surface area contributed by atoms with Gasteiger partial charge in [-0.05, 0) is 26.8 Å². The van der Waals surface area contributed by atoms with Crippen molar-refractivity contribution in [2.24, 2.45) is 0 Å². The van der Waals surface area contributed by atoms with E-state index in [1.54, 1.807) is 11.3 Å². The minimum absolute atomic E-state index is 0.145. The molecule has 90 valence electrons. The van der Waals surface area contributed by atoms with Crippen LogP contribution in [0.25, 0.3) is 0 Å². The predicted octanol–water partition coefficient (Wildman–Crippen LogP) is 2.50. The fourth-order valence-electron chi connectivity index (χ4n) is 1.86. The maximum absolute atomic E-state index is 5.95. The average molecular weight is 241 g/mol. The molecule has 3 nitrogen and oxygen atoms in total. The summed E-state index contributed by atoms with van der Waals surface area (Å²) in [5.41, 5.74) is 0. The molecule has 0 fully saturated rings. The highest BCUT2D eigenvalue weighted by molar-refractivity contribution is 7.12. The first-order valence-corrected chi connectivity index (χ1v) is 6.64. The Balaban J connectivity index is 1.98. The van der Waals surface area contributed by atoms with Gasteiger partial charge in [-0.2, -0.15) is 0 Å². The molecule has 0 spiro atoms. The van der Waals surface area contributed by atoms with Gasteiger partial charge in [0.25, 0.3) is 0 Å². The third-order valence-corrected chi connectivity index (χ3v) is 3.63. The van der Waals surface area contributed by atoms with Crippen molar-refractivity contribution in [2.45, 2.75) is 33.3 Å². The molecular weight excluding hydrogens is 222 g/mol. The van der Waals surface area contributed by atoms with Crippen molar-refractivity contribution in [3.63, 3.8) is 0 Å². The van der Waals surface area contributed by atoms with Crippen LogP contribution in [0.3, 0.4) is 0 Å². The Morgan fingerprint density at radius 2 is 2.06 bits per heavy atom. The van der Waals surface area contributed by atoms with Gasteiger partial charge in [0, 0.05) is 16.3 Å². The van der Waals surface area contributed by atoms with Gasteiger partial charge in [0.1, 0.15) is 12.7 Å². The van der Waals surface area contributed by atoms with E-state index in [-0.39, 0.29) is 6.10 Å². The van der Waals surface area contributed by atoms with Crippen molar-refractivity contribution in [1.82, 2.24) is 5.32 Å². The van der Waals surface area contributed by atoms with Gasteiger partial charge < -0.3 is 14.8 Å². The Morgan fingerprint density at radius 3 is 2.81 bits per heavy atom. The summed E-state index contributed by atoms with van der Waals surface area (Å²) in [6.07, 6.45) is 1.29. The molecule has 1 aliphatic heterocycles. The van der Waals surface area contributed by atoms with Gasteiger partial charge in [-0.3, -0.25) is 0 Å². The molecule has 16 heavy (non-hydrogen) atoms. The maximum Gasteiger partial charge on any atom is 0.175 e. The molecule has 1 aromatic heterocycles. The van der Waals surface area contributed by atoms with E-state index in [2.05, 4.69) is 26.1 Å². The minimum Gasteiger partial charge on any atom is -0.485 e. The summed E-state index contributed by atoms with van der Waals surface area (Å²) in [4.78, 5) is 2.43. The van der Waals surface area contributed by atoms with Crippen LogP contribution in [0.5, 0.6) is 11.5 Å². The summed E-state index contributed by atoms with van der Waals surface area (Å²) in [5.74, 6) is 1.91. The quantitative estimate of drug-likeness (QED) is 0.822. The number of rotatable bonds is 4. The molecule has 2 rings (SSSR count). The molecule has 4 heteroatoms. The van der Waals surface area contributed by atoms with E-state index in [0.717, 1.165) is 31.0 Å². The average Bonchev–Trinajstić information content (AvgIpc) is 2.55. The van der Waals surface area contributed by atoms with Crippen LogP contribution in [0.15, 0.2) is 0 Å². The second-order valence-corrected chi connectivity index (χ2v) is 5.56. The SMILES string of the molecule is CCCNCC1COc2c(C)sc(C)c2O1. The van der Waals surface area contributed by atoms with Crippen LogP contribution < -0.4 is 14.8 Å². The summed E-state index contributed by atoms with van der Waals surface area (Å²) < 4.78 is 11.7. The summed E-state index contributed by atoms with van der Waals surface area (Å²) in [6, 6.07) is 0. The van der Waals surface area contributed by atoms with E-state index in [1.807, 2.05) is 0 Å². The zero-order chi connectivity index (χ0) is 11.5. The van der Waals surface area contributed by atoms with Crippen LogP contribution in [-0.2, 0) is 0 Å². The maximum atomic E-state index is 5.95. The molecule has 0 saturated carbocycles. The number of hydrogen-bond donors (Lipinski definition) is 1. The highest BCUT2D eigenvalue weighted by atomic mass is 32.1. The van der Waals surface area contributed by atoms with E-state index < -0.39 is 0 Å². The summed E-state index contributed by atoms with van der Waals surface area (Å²) in [6.45, 7) is 8.88. The molecule has 0 aliphatic carbocycles. The summed E-state index contributed by atoms with van der Waals surface area (Å²) in [5, 5.41) is 3.36. The number of aryl methyl sites for hydroxylation is 2. The zero-order valence-electron chi connectivity index (χ0n) is 10.1. The molecule has 0 amide bonds. The fraction of sp³-hybridized carbons (Fsp3) is 0.667. The van der Waals surface area contributed by atoms with Crippen molar-refractivity contribution in [1.29, 1.82) is 0 Å². The Kier molecular flexibility index (Phi) is 3.71. The van der Waals surface area contributed by atoms with Crippen LogP contribution in [0.2, 0.25) is 0 Å². The molecule has 1 aromatic rings. The van der Waals surface area contributed by atoms with Crippen molar-refractivity contribution in [3.05, 3.63) is 9.75 Å². The van der Waals surface area contributed by atoms with Crippen LogP contribution in [-0.4, -0.2) is 25.8 Å². The number of nitrogens with one attached hydrogen (secondary N) is 1. The van der Waals surface area contributed by atoms with Crippen LogP contribution in [0, 0.1) is 13.8 Å². The zero-order valence-corrected chi connectivity index (χ0v) is 10.9. The molecule has 0 saturated heterocycles. The number of fused-ring (bicyclic) bond motifs is 1.